The van der Waals surface area contributed by atoms with Crippen LogP contribution in [0.5, 0.6) is 0 Å². The van der Waals surface area contributed by atoms with Crippen molar-refractivity contribution in [2.45, 2.75) is 25.0 Å². The molecular weight excluding hydrogens is 156 g/mol. The van der Waals surface area contributed by atoms with Crippen LogP contribution in [0.15, 0.2) is 23.8 Å². The molecule has 3 nitrogen and oxygen atoms in total. The summed E-state index contributed by atoms with van der Waals surface area (Å²) >= 11 is 0. The largest absolute Gasteiger partial charge is 0.393 e. The molecule has 2 unspecified atom stereocenters. The van der Waals surface area contributed by atoms with Gasteiger partial charge in [0, 0.05) is 6.42 Å². The Balaban J connectivity index is 2.73. The van der Waals surface area contributed by atoms with Crippen molar-refractivity contribution in [1.29, 1.82) is 0 Å². The second kappa shape index (κ2) is 3.85. The van der Waals surface area contributed by atoms with Crippen molar-refractivity contribution in [2.75, 3.05) is 6.61 Å². The smallest absolute Gasteiger partial charge is 0.0811 e. The summed E-state index contributed by atoms with van der Waals surface area (Å²) in [5.74, 6) is 0. The zero-order valence-electron chi connectivity index (χ0n) is 6.90. The lowest BCUT2D eigenvalue weighted by molar-refractivity contribution is 0.0859. The summed E-state index contributed by atoms with van der Waals surface area (Å²) < 4.78 is 0. The number of aliphatic hydroxyl groups is 3. The first kappa shape index (κ1) is 9.45. The van der Waals surface area contributed by atoms with Gasteiger partial charge in [-0.3, -0.25) is 0 Å². The average Bonchev–Trinajstić information content (AvgIpc) is 2.00. The zero-order valence-corrected chi connectivity index (χ0v) is 6.90. The van der Waals surface area contributed by atoms with Crippen molar-refractivity contribution in [3.05, 3.63) is 23.8 Å². The second-order valence-electron chi connectivity index (χ2n) is 3.05. The highest BCUT2D eigenvalue weighted by atomic mass is 16.3. The van der Waals surface area contributed by atoms with Gasteiger partial charge in [0.15, 0.2) is 0 Å². The standard InChI is InChI=1S/C9H14O3/c1-6-7(2-3-10)4-8(11)5-9(6)12/h2,8-12H,1,3-5H2/b7-2-. The summed E-state index contributed by atoms with van der Waals surface area (Å²) in [6.07, 6.45) is 1.24. The Hall–Kier alpha value is -0.640. The molecular formula is C9H14O3. The molecule has 1 aliphatic rings. The Morgan fingerprint density at radius 2 is 2.17 bits per heavy atom. The molecule has 0 spiro atoms. The highest BCUT2D eigenvalue weighted by Crippen LogP contribution is 2.27. The predicted molar refractivity (Wildman–Crippen MR) is 45.6 cm³/mol. The van der Waals surface area contributed by atoms with Gasteiger partial charge < -0.3 is 15.3 Å². The Labute approximate surface area is 71.7 Å². The molecule has 1 aliphatic carbocycles. The molecule has 0 aromatic carbocycles. The van der Waals surface area contributed by atoms with Crippen LogP contribution in [0.3, 0.4) is 0 Å². The van der Waals surface area contributed by atoms with Gasteiger partial charge in [-0.25, -0.2) is 0 Å². The topological polar surface area (TPSA) is 60.7 Å². The minimum absolute atomic E-state index is 0.0756. The van der Waals surface area contributed by atoms with Gasteiger partial charge in [0.2, 0.25) is 0 Å². The lowest BCUT2D eigenvalue weighted by Crippen LogP contribution is -2.27. The molecule has 1 fully saturated rings. The zero-order chi connectivity index (χ0) is 9.14. The molecule has 68 valence electrons. The normalized spacial score (nSPS) is 34.2. The SMILES string of the molecule is C=C1/C(=C\CO)CC(O)CC1O. The molecule has 0 saturated heterocycles. The van der Waals surface area contributed by atoms with Crippen molar-refractivity contribution >= 4 is 0 Å². The average molecular weight is 170 g/mol. The van der Waals surface area contributed by atoms with Gasteiger partial charge in [0.25, 0.3) is 0 Å². The van der Waals surface area contributed by atoms with Crippen LogP contribution in [0.25, 0.3) is 0 Å². The number of aliphatic hydroxyl groups excluding tert-OH is 3. The Morgan fingerprint density at radius 1 is 1.50 bits per heavy atom. The van der Waals surface area contributed by atoms with Gasteiger partial charge in [-0.2, -0.15) is 0 Å². The first-order valence-electron chi connectivity index (χ1n) is 4.00. The highest BCUT2D eigenvalue weighted by molar-refractivity contribution is 5.34. The molecule has 12 heavy (non-hydrogen) atoms. The summed E-state index contributed by atoms with van der Waals surface area (Å²) in [5, 5.41) is 27.3. The molecule has 0 aromatic heterocycles. The summed E-state index contributed by atoms with van der Waals surface area (Å²) in [4.78, 5) is 0. The van der Waals surface area contributed by atoms with Gasteiger partial charge in [-0.15, -0.1) is 0 Å². The van der Waals surface area contributed by atoms with E-state index in [0.717, 1.165) is 5.57 Å². The Kier molecular flexibility index (Phi) is 3.03. The Morgan fingerprint density at radius 3 is 2.75 bits per heavy atom. The third-order valence-electron chi connectivity index (χ3n) is 2.10. The van der Waals surface area contributed by atoms with Crippen molar-refractivity contribution in [2.24, 2.45) is 0 Å². The van der Waals surface area contributed by atoms with Crippen LogP contribution in [-0.2, 0) is 0 Å². The van der Waals surface area contributed by atoms with Gasteiger partial charge in [0.05, 0.1) is 18.8 Å². The molecule has 0 aromatic rings. The fourth-order valence-electron chi connectivity index (χ4n) is 1.41. The van der Waals surface area contributed by atoms with Crippen LogP contribution in [0, 0.1) is 0 Å². The first-order chi connectivity index (χ1) is 5.65. The maximum Gasteiger partial charge on any atom is 0.0811 e. The van der Waals surface area contributed by atoms with Crippen molar-refractivity contribution < 1.29 is 15.3 Å². The summed E-state index contributed by atoms with van der Waals surface area (Å²) in [6, 6.07) is 0. The maximum absolute atomic E-state index is 9.36. The van der Waals surface area contributed by atoms with Crippen molar-refractivity contribution in [1.82, 2.24) is 0 Å². The van der Waals surface area contributed by atoms with E-state index in [4.69, 9.17) is 5.11 Å². The molecule has 1 rings (SSSR count). The molecule has 0 radical (unpaired) electrons. The van der Waals surface area contributed by atoms with Crippen molar-refractivity contribution in [3.63, 3.8) is 0 Å². The minimum Gasteiger partial charge on any atom is -0.393 e. The van der Waals surface area contributed by atoms with Gasteiger partial charge >= 0.3 is 0 Å². The third kappa shape index (κ3) is 1.94. The summed E-state index contributed by atoms with van der Waals surface area (Å²) in [5.41, 5.74) is 1.39. The molecule has 1 saturated carbocycles. The van der Waals surface area contributed by atoms with Gasteiger partial charge in [-0.05, 0) is 17.6 Å². The molecule has 0 heterocycles. The molecule has 3 N–H and O–H groups in total. The monoisotopic (exact) mass is 170 g/mol. The second-order valence-corrected chi connectivity index (χ2v) is 3.05. The van der Waals surface area contributed by atoms with Crippen LogP contribution in [0.1, 0.15) is 12.8 Å². The minimum atomic E-state index is -0.661. The van der Waals surface area contributed by atoms with E-state index in [1.54, 1.807) is 6.08 Å². The first-order valence-corrected chi connectivity index (χ1v) is 4.00. The number of hydrogen-bond donors (Lipinski definition) is 3. The quantitative estimate of drug-likeness (QED) is 0.518. The molecule has 0 bridgehead atoms. The van der Waals surface area contributed by atoms with E-state index < -0.39 is 12.2 Å². The lowest BCUT2D eigenvalue weighted by atomic mass is 9.86. The fourth-order valence-corrected chi connectivity index (χ4v) is 1.41. The number of hydrogen-bond acceptors (Lipinski definition) is 3. The van der Waals surface area contributed by atoms with E-state index in [2.05, 4.69) is 6.58 Å². The van der Waals surface area contributed by atoms with Gasteiger partial charge in [0.1, 0.15) is 0 Å². The van der Waals surface area contributed by atoms with E-state index in [1.807, 2.05) is 0 Å². The van der Waals surface area contributed by atoms with Crippen molar-refractivity contribution in [3.8, 4) is 0 Å². The molecule has 0 amide bonds. The van der Waals surface area contributed by atoms with E-state index in [9.17, 15) is 10.2 Å². The van der Waals surface area contributed by atoms with Crippen LogP contribution in [0.2, 0.25) is 0 Å². The predicted octanol–water partition coefficient (Wildman–Crippen LogP) is -0.0231. The molecule has 0 aliphatic heterocycles. The molecule has 3 heteroatoms. The summed E-state index contributed by atoms with van der Waals surface area (Å²) in [6.45, 7) is 3.61. The van der Waals surface area contributed by atoms with E-state index in [0.29, 0.717) is 18.4 Å². The van der Waals surface area contributed by atoms with Crippen LogP contribution >= 0.6 is 0 Å². The van der Waals surface area contributed by atoms with Crippen LogP contribution in [0.4, 0.5) is 0 Å². The highest BCUT2D eigenvalue weighted by Gasteiger charge is 2.24. The van der Waals surface area contributed by atoms with E-state index in [-0.39, 0.29) is 6.61 Å². The van der Waals surface area contributed by atoms with E-state index in [1.165, 1.54) is 0 Å². The van der Waals surface area contributed by atoms with Crippen LogP contribution < -0.4 is 0 Å². The third-order valence-corrected chi connectivity index (χ3v) is 2.10. The summed E-state index contributed by atoms with van der Waals surface area (Å²) in [7, 11) is 0. The lowest BCUT2D eigenvalue weighted by Gasteiger charge is -2.26. The van der Waals surface area contributed by atoms with E-state index >= 15 is 0 Å². The number of rotatable bonds is 1. The molecule has 2 atom stereocenters. The Bertz CT molecular complexity index is 208. The van der Waals surface area contributed by atoms with Crippen LogP contribution in [-0.4, -0.2) is 34.1 Å². The van der Waals surface area contributed by atoms with Gasteiger partial charge in [-0.1, -0.05) is 12.7 Å². The maximum atomic E-state index is 9.36. The fraction of sp³-hybridized carbons (Fsp3) is 0.556.